The van der Waals surface area contributed by atoms with Crippen molar-refractivity contribution in [3.8, 4) is 0 Å². The first-order valence-corrected chi connectivity index (χ1v) is 14.8. The van der Waals surface area contributed by atoms with Gasteiger partial charge in [0.1, 0.15) is 10.7 Å². The summed E-state index contributed by atoms with van der Waals surface area (Å²) in [6, 6.07) is 5.64. The topological polar surface area (TPSA) is 112 Å². The molecule has 1 saturated carbocycles. The molecule has 2 aliphatic carbocycles. The summed E-state index contributed by atoms with van der Waals surface area (Å²) >= 11 is 1.36. The van der Waals surface area contributed by atoms with Gasteiger partial charge in [0, 0.05) is 42.1 Å². The number of hydrogen-bond donors (Lipinski definition) is 1. The number of rotatable bonds is 9. The SMILES string of the molecule is CCOCCN(c1cc(C2=CCC(c3cc4nccc(N)n4n3)C=C2)sc1C(=O)OC)C(=O)[C@H]1CC[C@H](C)CC1. The second-order valence-corrected chi connectivity index (χ2v) is 11.6. The van der Waals surface area contributed by atoms with Gasteiger partial charge in [0.05, 0.1) is 25.1 Å². The van der Waals surface area contributed by atoms with Gasteiger partial charge >= 0.3 is 5.97 Å². The normalized spacial score (nSPS) is 20.9. The lowest BCUT2D eigenvalue weighted by molar-refractivity contribution is -0.123. The first kappa shape index (κ1) is 28.0. The van der Waals surface area contributed by atoms with E-state index in [0.717, 1.165) is 48.2 Å². The highest BCUT2D eigenvalue weighted by molar-refractivity contribution is 7.15. The first-order valence-electron chi connectivity index (χ1n) is 14.0. The molecule has 0 saturated heterocycles. The van der Waals surface area contributed by atoms with Crippen LogP contribution in [0, 0.1) is 11.8 Å². The van der Waals surface area contributed by atoms with E-state index in [9.17, 15) is 9.59 Å². The number of allylic oxidation sites excluding steroid dienone is 4. The second-order valence-electron chi connectivity index (χ2n) is 10.5. The number of thiophene rings is 1. The minimum Gasteiger partial charge on any atom is -0.465 e. The van der Waals surface area contributed by atoms with Gasteiger partial charge in [-0.2, -0.15) is 9.61 Å². The molecular formula is C30H37N5O4S. The molecule has 0 spiro atoms. The quantitative estimate of drug-likeness (QED) is 0.271. The largest absolute Gasteiger partial charge is 0.465 e. The number of aromatic nitrogens is 3. The molecule has 2 N–H and O–H groups in total. The number of carbonyl (C=O) groups is 2. The van der Waals surface area contributed by atoms with Gasteiger partial charge in [0.25, 0.3) is 0 Å². The van der Waals surface area contributed by atoms with E-state index in [4.69, 9.17) is 15.2 Å². The average molecular weight is 564 g/mol. The van der Waals surface area contributed by atoms with E-state index in [1.165, 1.54) is 18.4 Å². The van der Waals surface area contributed by atoms with Crippen LogP contribution in [0.4, 0.5) is 11.5 Å². The third-order valence-corrected chi connectivity index (χ3v) is 8.99. The molecule has 212 valence electrons. The highest BCUT2D eigenvalue weighted by Gasteiger charge is 2.32. The molecule has 0 aromatic carbocycles. The Morgan fingerprint density at radius 2 is 2.02 bits per heavy atom. The highest BCUT2D eigenvalue weighted by atomic mass is 32.1. The summed E-state index contributed by atoms with van der Waals surface area (Å²) in [4.78, 5) is 34.2. The van der Waals surface area contributed by atoms with E-state index in [0.29, 0.717) is 47.7 Å². The molecule has 0 radical (unpaired) electrons. The van der Waals surface area contributed by atoms with E-state index in [2.05, 4.69) is 35.2 Å². The summed E-state index contributed by atoms with van der Waals surface area (Å²) in [7, 11) is 1.38. The summed E-state index contributed by atoms with van der Waals surface area (Å²) in [5.74, 6) is 0.847. The van der Waals surface area contributed by atoms with Crippen molar-refractivity contribution < 1.29 is 19.1 Å². The Balaban J connectivity index is 1.41. The molecule has 2 aliphatic rings. The maximum atomic E-state index is 13.8. The molecular weight excluding hydrogens is 526 g/mol. The van der Waals surface area contributed by atoms with Gasteiger partial charge in [-0.15, -0.1) is 11.3 Å². The molecule has 1 fully saturated rings. The first-order chi connectivity index (χ1) is 19.4. The van der Waals surface area contributed by atoms with Gasteiger partial charge in [-0.3, -0.25) is 4.79 Å². The summed E-state index contributed by atoms with van der Waals surface area (Å²) in [5.41, 5.74) is 9.27. The van der Waals surface area contributed by atoms with Gasteiger partial charge in [-0.05, 0) is 62.7 Å². The molecule has 0 aliphatic heterocycles. The van der Waals surface area contributed by atoms with Crippen LogP contribution < -0.4 is 10.6 Å². The molecule has 3 aromatic rings. The Kier molecular flexibility index (Phi) is 8.66. The monoisotopic (exact) mass is 563 g/mol. The Morgan fingerprint density at radius 1 is 1.23 bits per heavy atom. The number of anilines is 2. The van der Waals surface area contributed by atoms with Crippen LogP contribution >= 0.6 is 11.3 Å². The maximum Gasteiger partial charge on any atom is 0.350 e. The predicted octanol–water partition coefficient (Wildman–Crippen LogP) is 5.48. The average Bonchev–Trinajstić information content (AvgIpc) is 3.61. The van der Waals surface area contributed by atoms with E-state index in [-0.39, 0.29) is 17.7 Å². The number of nitrogen functional groups attached to an aromatic ring is 1. The number of hydrogen-bond acceptors (Lipinski definition) is 8. The van der Waals surface area contributed by atoms with Crippen LogP contribution in [0.15, 0.2) is 42.6 Å². The maximum absolute atomic E-state index is 13.8. The lowest BCUT2D eigenvalue weighted by atomic mass is 9.82. The van der Waals surface area contributed by atoms with E-state index < -0.39 is 5.97 Å². The smallest absolute Gasteiger partial charge is 0.350 e. The molecule has 40 heavy (non-hydrogen) atoms. The van der Waals surface area contributed by atoms with Crippen molar-refractivity contribution in [2.24, 2.45) is 11.8 Å². The molecule has 5 rings (SSSR count). The van der Waals surface area contributed by atoms with Crippen LogP contribution in [-0.4, -0.2) is 53.3 Å². The summed E-state index contributed by atoms with van der Waals surface area (Å²) in [6.07, 6.45) is 12.6. The van der Waals surface area contributed by atoms with E-state index in [1.54, 1.807) is 21.7 Å². The number of fused-ring (bicyclic) bond motifs is 1. The number of esters is 1. The molecule has 9 nitrogen and oxygen atoms in total. The minimum absolute atomic E-state index is 0.0461. The van der Waals surface area contributed by atoms with Gasteiger partial charge in [-0.25, -0.2) is 9.78 Å². The number of nitrogens with zero attached hydrogens (tertiary/aromatic N) is 4. The van der Waals surface area contributed by atoms with Gasteiger partial charge in [0.15, 0.2) is 5.65 Å². The van der Waals surface area contributed by atoms with Crippen molar-refractivity contribution in [3.05, 3.63) is 58.1 Å². The standard InChI is InChI=1S/C30H37N5O4S/c1-4-39-16-15-34(29(36)22-7-5-19(2)6-8-22)24-18-25(40-28(24)30(37)38-3)21-11-9-20(10-12-21)23-17-27-32-14-13-26(31)35(27)33-23/h9,11-14,17-20,22H,4-8,10,15-16,31H2,1-3H3/t19-,20?,22-. The van der Waals surface area contributed by atoms with Crippen LogP contribution in [0.3, 0.4) is 0 Å². The highest BCUT2D eigenvalue weighted by Crippen LogP contribution is 2.40. The number of methoxy groups -OCH3 is 1. The number of ether oxygens (including phenoxy) is 2. The van der Waals surface area contributed by atoms with Gasteiger partial charge in [0.2, 0.25) is 5.91 Å². The lowest BCUT2D eigenvalue weighted by Crippen LogP contribution is -2.40. The van der Waals surface area contributed by atoms with Crippen molar-refractivity contribution in [2.75, 3.05) is 37.5 Å². The van der Waals surface area contributed by atoms with Gasteiger partial charge < -0.3 is 20.1 Å². The molecule has 3 aromatic heterocycles. The van der Waals surface area contributed by atoms with Crippen LogP contribution in [0.2, 0.25) is 0 Å². The number of carbonyl (C=O) groups excluding carboxylic acids is 2. The van der Waals surface area contributed by atoms with E-state index in [1.807, 2.05) is 19.1 Å². The van der Waals surface area contributed by atoms with E-state index >= 15 is 0 Å². The molecule has 1 unspecified atom stereocenters. The Labute approximate surface area is 238 Å². The summed E-state index contributed by atoms with van der Waals surface area (Å²) < 4.78 is 12.4. The zero-order valence-electron chi connectivity index (χ0n) is 23.3. The van der Waals surface area contributed by atoms with Crippen molar-refractivity contribution in [1.82, 2.24) is 14.6 Å². The van der Waals surface area contributed by atoms with Crippen molar-refractivity contribution in [3.63, 3.8) is 0 Å². The predicted molar refractivity (Wildman–Crippen MR) is 158 cm³/mol. The molecule has 1 amide bonds. The molecule has 1 atom stereocenters. The van der Waals surface area contributed by atoms with Crippen molar-refractivity contribution in [1.29, 1.82) is 0 Å². The van der Waals surface area contributed by atoms with Crippen molar-refractivity contribution >= 4 is 45.9 Å². The van der Waals surface area contributed by atoms with Crippen LogP contribution in [0.25, 0.3) is 11.2 Å². The third kappa shape index (κ3) is 5.83. The Morgan fingerprint density at radius 3 is 2.70 bits per heavy atom. The molecule has 3 heterocycles. The second kappa shape index (κ2) is 12.3. The van der Waals surface area contributed by atoms with Crippen molar-refractivity contribution in [2.45, 2.75) is 51.9 Å². The van der Waals surface area contributed by atoms with Crippen LogP contribution in [0.5, 0.6) is 0 Å². The fraction of sp³-hybridized carbons (Fsp3) is 0.467. The minimum atomic E-state index is -0.439. The van der Waals surface area contributed by atoms with Gasteiger partial charge in [-0.1, -0.05) is 25.2 Å². The summed E-state index contributed by atoms with van der Waals surface area (Å²) in [5, 5.41) is 4.65. The fourth-order valence-electron chi connectivity index (χ4n) is 5.48. The molecule has 10 heteroatoms. The zero-order chi connectivity index (χ0) is 28.2. The fourth-order valence-corrected chi connectivity index (χ4v) is 6.58. The third-order valence-electron chi connectivity index (χ3n) is 7.84. The Hall–Kier alpha value is -3.50. The van der Waals surface area contributed by atoms with Crippen LogP contribution in [0.1, 0.15) is 72.1 Å². The summed E-state index contributed by atoms with van der Waals surface area (Å²) in [6.45, 7) is 5.53. The molecule has 0 bridgehead atoms. The lowest BCUT2D eigenvalue weighted by Gasteiger charge is -2.31. The number of amides is 1. The number of nitrogens with two attached hydrogens (primary N) is 1. The Bertz CT molecular complexity index is 1430. The zero-order valence-corrected chi connectivity index (χ0v) is 24.2. The van der Waals surface area contributed by atoms with Crippen LogP contribution in [-0.2, 0) is 14.3 Å².